The zero-order valence-electron chi connectivity index (χ0n) is 12.7. The van der Waals surface area contributed by atoms with Crippen molar-refractivity contribution in [3.05, 3.63) is 48.2 Å². The van der Waals surface area contributed by atoms with Crippen LogP contribution in [-0.2, 0) is 0 Å². The van der Waals surface area contributed by atoms with Gasteiger partial charge in [-0.15, -0.1) is 0 Å². The number of carbonyl (C=O) groups excluding carboxylic acids is 1. The number of para-hydroxylation sites is 2. The summed E-state index contributed by atoms with van der Waals surface area (Å²) in [4.78, 5) is 16.1. The fourth-order valence-electron chi connectivity index (χ4n) is 1.92. The Balaban J connectivity index is 1.74. The van der Waals surface area contributed by atoms with E-state index in [1.54, 1.807) is 19.2 Å². The number of rotatable bonds is 6. The highest BCUT2D eigenvalue weighted by Gasteiger charge is 2.05. The Morgan fingerprint density at radius 1 is 1.14 bits per heavy atom. The lowest BCUT2D eigenvalue weighted by atomic mass is 10.3. The number of carbonyl (C=O) groups is 1. The number of amides is 2. The van der Waals surface area contributed by atoms with E-state index in [-0.39, 0.29) is 6.03 Å². The van der Waals surface area contributed by atoms with E-state index < -0.39 is 0 Å². The second kappa shape index (κ2) is 7.87. The third kappa shape index (κ3) is 4.66. The van der Waals surface area contributed by atoms with Gasteiger partial charge in [-0.3, -0.25) is 0 Å². The molecule has 0 fully saturated rings. The number of anilines is 2. The van der Waals surface area contributed by atoms with E-state index in [1.807, 2.05) is 37.3 Å². The number of methoxy groups -OCH3 is 1. The van der Waals surface area contributed by atoms with Crippen molar-refractivity contribution in [1.29, 1.82) is 0 Å². The van der Waals surface area contributed by atoms with Crippen molar-refractivity contribution < 1.29 is 9.53 Å². The quantitative estimate of drug-likeness (QED) is 0.717. The molecule has 2 amide bonds. The van der Waals surface area contributed by atoms with Gasteiger partial charge in [-0.2, -0.15) is 0 Å². The Morgan fingerprint density at radius 2 is 1.95 bits per heavy atom. The zero-order valence-corrected chi connectivity index (χ0v) is 12.7. The van der Waals surface area contributed by atoms with Crippen LogP contribution in [0.15, 0.2) is 42.5 Å². The highest BCUT2D eigenvalue weighted by molar-refractivity contribution is 5.90. The van der Waals surface area contributed by atoms with Crippen LogP contribution >= 0.6 is 0 Å². The van der Waals surface area contributed by atoms with Crippen molar-refractivity contribution >= 4 is 17.5 Å². The maximum atomic E-state index is 11.8. The van der Waals surface area contributed by atoms with E-state index in [0.717, 1.165) is 11.5 Å². The molecule has 0 aliphatic rings. The number of nitrogens with zero attached hydrogens (tertiary/aromatic N) is 1. The smallest absolute Gasteiger partial charge is 0.319 e. The normalized spacial score (nSPS) is 9.91. The highest BCUT2D eigenvalue weighted by atomic mass is 16.5. The highest BCUT2D eigenvalue weighted by Crippen LogP contribution is 2.22. The molecular weight excluding hydrogens is 280 g/mol. The first-order chi connectivity index (χ1) is 10.7. The number of hydrogen-bond donors (Lipinski definition) is 3. The van der Waals surface area contributed by atoms with Gasteiger partial charge in [0.1, 0.15) is 11.6 Å². The van der Waals surface area contributed by atoms with Crippen molar-refractivity contribution in [2.75, 3.05) is 30.8 Å². The minimum absolute atomic E-state index is 0.275. The first-order valence-corrected chi connectivity index (χ1v) is 7.04. The second-order valence-electron chi connectivity index (χ2n) is 4.67. The molecule has 0 bridgehead atoms. The summed E-state index contributed by atoms with van der Waals surface area (Å²) in [5, 5.41) is 8.67. The van der Waals surface area contributed by atoms with Crippen molar-refractivity contribution in [2.24, 2.45) is 0 Å². The average molecular weight is 300 g/mol. The molecule has 0 unspecified atom stereocenters. The summed E-state index contributed by atoms with van der Waals surface area (Å²) >= 11 is 0. The SMILES string of the molecule is COc1ccccc1NC(=O)NCCNc1cccc(C)n1. The first kappa shape index (κ1) is 15.6. The molecule has 0 atom stereocenters. The Hall–Kier alpha value is -2.76. The van der Waals surface area contributed by atoms with Gasteiger partial charge in [0.05, 0.1) is 12.8 Å². The molecule has 2 aromatic rings. The molecule has 0 saturated heterocycles. The van der Waals surface area contributed by atoms with Crippen LogP contribution in [0.5, 0.6) is 5.75 Å². The van der Waals surface area contributed by atoms with E-state index >= 15 is 0 Å². The molecule has 0 aliphatic heterocycles. The first-order valence-electron chi connectivity index (χ1n) is 7.04. The molecule has 6 heteroatoms. The largest absolute Gasteiger partial charge is 0.495 e. The third-order valence-corrected chi connectivity index (χ3v) is 2.96. The third-order valence-electron chi connectivity index (χ3n) is 2.96. The summed E-state index contributed by atoms with van der Waals surface area (Å²) in [7, 11) is 1.57. The molecule has 0 spiro atoms. The lowest BCUT2D eigenvalue weighted by Gasteiger charge is -2.11. The Morgan fingerprint density at radius 3 is 2.73 bits per heavy atom. The monoisotopic (exact) mass is 300 g/mol. The van der Waals surface area contributed by atoms with Crippen LogP contribution in [-0.4, -0.2) is 31.2 Å². The van der Waals surface area contributed by atoms with Crippen LogP contribution < -0.4 is 20.7 Å². The minimum atomic E-state index is -0.275. The van der Waals surface area contributed by atoms with E-state index in [4.69, 9.17) is 4.74 Å². The number of hydrogen-bond acceptors (Lipinski definition) is 4. The van der Waals surface area contributed by atoms with Gasteiger partial charge in [-0.25, -0.2) is 9.78 Å². The number of nitrogens with one attached hydrogen (secondary N) is 3. The summed E-state index contributed by atoms with van der Waals surface area (Å²) in [5.74, 6) is 1.42. The van der Waals surface area contributed by atoms with Gasteiger partial charge in [-0.05, 0) is 31.2 Å². The number of ether oxygens (including phenoxy) is 1. The van der Waals surface area contributed by atoms with Gasteiger partial charge in [0.2, 0.25) is 0 Å². The summed E-state index contributed by atoms with van der Waals surface area (Å²) < 4.78 is 5.18. The molecule has 0 saturated carbocycles. The van der Waals surface area contributed by atoms with Crippen LogP contribution in [0.4, 0.5) is 16.3 Å². The molecule has 22 heavy (non-hydrogen) atoms. The van der Waals surface area contributed by atoms with Gasteiger partial charge in [0.25, 0.3) is 0 Å². The number of pyridine rings is 1. The second-order valence-corrected chi connectivity index (χ2v) is 4.67. The topological polar surface area (TPSA) is 75.3 Å². The molecule has 2 rings (SSSR count). The van der Waals surface area contributed by atoms with E-state index in [2.05, 4.69) is 20.9 Å². The standard InChI is InChI=1S/C16H20N4O2/c1-12-6-5-9-15(19-12)17-10-11-18-16(21)20-13-7-3-4-8-14(13)22-2/h3-9H,10-11H2,1-2H3,(H,17,19)(H2,18,20,21). The van der Waals surface area contributed by atoms with Crippen molar-refractivity contribution in [3.63, 3.8) is 0 Å². The Kier molecular flexibility index (Phi) is 5.59. The van der Waals surface area contributed by atoms with Crippen molar-refractivity contribution in [1.82, 2.24) is 10.3 Å². The summed E-state index contributed by atoms with van der Waals surface area (Å²) in [6.07, 6.45) is 0. The van der Waals surface area contributed by atoms with E-state index in [9.17, 15) is 4.79 Å². The molecular formula is C16H20N4O2. The summed E-state index contributed by atoms with van der Waals surface area (Å²) in [6, 6.07) is 12.7. The predicted molar refractivity (Wildman–Crippen MR) is 87.5 cm³/mol. The van der Waals surface area contributed by atoms with Gasteiger partial charge < -0.3 is 20.7 Å². The van der Waals surface area contributed by atoms with E-state index in [1.165, 1.54) is 0 Å². The molecule has 3 N–H and O–H groups in total. The number of aromatic nitrogens is 1. The number of benzene rings is 1. The van der Waals surface area contributed by atoms with Crippen molar-refractivity contribution in [2.45, 2.75) is 6.92 Å². The maximum absolute atomic E-state index is 11.8. The number of aryl methyl sites for hydroxylation is 1. The van der Waals surface area contributed by atoms with Crippen LogP contribution in [0.1, 0.15) is 5.69 Å². The van der Waals surface area contributed by atoms with Gasteiger partial charge in [0.15, 0.2) is 0 Å². The Labute approximate surface area is 129 Å². The van der Waals surface area contributed by atoms with Gasteiger partial charge in [0, 0.05) is 18.8 Å². The van der Waals surface area contributed by atoms with Crippen LogP contribution in [0, 0.1) is 6.92 Å². The lowest BCUT2D eigenvalue weighted by molar-refractivity contribution is 0.252. The maximum Gasteiger partial charge on any atom is 0.319 e. The summed E-state index contributed by atoms with van der Waals surface area (Å²) in [5.41, 5.74) is 1.59. The molecule has 1 aromatic carbocycles. The Bertz CT molecular complexity index is 631. The molecule has 6 nitrogen and oxygen atoms in total. The number of urea groups is 1. The predicted octanol–water partition coefficient (Wildman–Crippen LogP) is 2.63. The minimum Gasteiger partial charge on any atom is -0.495 e. The molecule has 0 radical (unpaired) electrons. The fourth-order valence-corrected chi connectivity index (χ4v) is 1.92. The lowest BCUT2D eigenvalue weighted by Crippen LogP contribution is -2.32. The molecule has 0 aliphatic carbocycles. The summed E-state index contributed by atoms with van der Waals surface area (Å²) in [6.45, 7) is 3.01. The van der Waals surface area contributed by atoms with Gasteiger partial charge >= 0.3 is 6.03 Å². The zero-order chi connectivity index (χ0) is 15.8. The van der Waals surface area contributed by atoms with Crippen LogP contribution in [0.25, 0.3) is 0 Å². The van der Waals surface area contributed by atoms with Gasteiger partial charge in [-0.1, -0.05) is 18.2 Å². The average Bonchev–Trinajstić information content (AvgIpc) is 2.52. The molecule has 1 heterocycles. The van der Waals surface area contributed by atoms with Crippen LogP contribution in [0.3, 0.4) is 0 Å². The van der Waals surface area contributed by atoms with Crippen LogP contribution in [0.2, 0.25) is 0 Å². The molecule has 116 valence electrons. The van der Waals surface area contributed by atoms with E-state index in [0.29, 0.717) is 24.5 Å². The van der Waals surface area contributed by atoms with Crippen molar-refractivity contribution in [3.8, 4) is 5.75 Å². The fraction of sp³-hybridized carbons (Fsp3) is 0.250. The molecule has 1 aromatic heterocycles.